The minimum atomic E-state index is 0.229. The highest BCUT2D eigenvalue weighted by atomic mass is 79.9. The second-order valence-electron chi connectivity index (χ2n) is 3.92. The lowest BCUT2D eigenvalue weighted by molar-refractivity contribution is 1.16. The van der Waals surface area contributed by atoms with Crippen LogP contribution in [-0.2, 0) is 0 Å². The van der Waals surface area contributed by atoms with Crippen molar-refractivity contribution in [3.05, 3.63) is 68.1 Å². The van der Waals surface area contributed by atoms with Crippen molar-refractivity contribution >= 4 is 47.8 Å². The van der Waals surface area contributed by atoms with E-state index in [4.69, 9.17) is 0 Å². The predicted octanol–water partition coefficient (Wildman–Crippen LogP) is 6.00. The number of hydrogen-bond donors (Lipinski definition) is 0. The molecule has 2 aromatic carbocycles. The molecule has 17 heavy (non-hydrogen) atoms. The van der Waals surface area contributed by atoms with E-state index in [1.165, 1.54) is 16.7 Å². The van der Waals surface area contributed by atoms with Crippen LogP contribution in [0, 0.1) is 6.92 Å². The van der Waals surface area contributed by atoms with Crippen molar-refractivity contribution in [3.63, 3.8) is 0 Å². The zero-order valence-corrected chi connectivity index (χ0v) is 14.0. The van der Waals surface area contributed by atoms with Crippen LogP contribution in [0.4, 0.5) is 0 Å². The zero-order valence-electron chi connectivity index (χ0n) is 9.25. The number of hydrogen-bond acceptors (Lipinski definition) is 0. The van der Waals surface area contributed by atoms with Crippen molar-refractivity contribution < 1.29 is 0 Å². The molecule has 0 bridgehead atoms. The molecule has 0 amide bonds. The van der Waals surface area contributed by atoms with Gasteiger partial charge in [0, 0.05) is 8.95 Å². The van der Waals surface area contributed by atoms with Gasteiger partial charge in [0.2, 0.25) is 0 Å². The van der Waals surface area contributed by atoms with E-state index in [2.05, 4.69) is 97.2 Å². The van der Waals surface area contributed by atoms with E-state index in [-0.39, 0.29) is 4.83 Å². The minimum Gasteiger partial charge on any atom is -0.0786 e. The van der Waals surface area contributed by atoms with Crippen LogP contribution >= 0.6 is 47.8 Å². The van der Waals surface area contributed by atoms with Gasteiger partial charge >= 0.3 is 0 Å². The zero-order chi connectivity index (χ0) is 12.4. The average molecular weight is 419 g/mol. The molecule has 0 aromatic heterocycles. The van der Waals surface area contributed by atoms with Crippen LogP contribution in [0.25, 0.3) is 0 Å². The lowest BCUT2D eigenvalue weighted by atomic mass is 10.0. The molecule has 0 saturated carbocycles. The number of halogens is 3. The molecule has 0 nitrogen and oxygen atoms in total. The molecule has 2 rings (SSSR count). The number of alkyl halides is 1. The van der Waals surface area contributed by atoms with Gasteiger partial charge in [-0.25, -0.2) is 0 Å². The molecule has 3 heteroatoms. The number of rotatable bonds is 2. The van der Waals surface area contributed by atoms with E-state index >= 15 is 0 Å². The van der Waals surface area contributed by atoms with E-state index in [1.54, 1.807) is 0 Å². The van der Waals surface area contributed by atoms with E-state index in [9.17, 15) is 0 Å². The Morgan fingerprint density at radius 1 is 0.882 bits per heavy atom. The van der Waals surface area contributed by atoms with Crippen LogP contribution < -0.4 is 0 Å². The molecule has 0 spiro atoms. The van der Waals surface area contributed by atoms with Crippen LogP contribution in [0.15, 0.2) is 51.4 Å². The fraction of sp³-hybridized carbons (Fsp3) is 0.143. The van der Waals surface area contributed by atoms with Gasteiger partial charge in [0.25, 0.3) is 0 Å². The summed E-state index contributed by atoms with van der Waals surface area (Å²) in [5, 5.41) is 0. The van der Waals surface area contributed by atoms with E-state index < -0.39 is 0 Å². The smallest absolute Gasteiger partial charge is 0.0645 e. The molecule has 2 aromatic rings. The van der Waals surface area contributed by atoms with Crippen LogP contribution in [0.5, 0.6) is 0 Å². The van der Waals surface area contributed by atoms with Crippen molar-refractivity contribution in [2.24, 2.45) is 0 Å². The summed E-state index contributed by atoms with van der Waals surface area (Å²) in [7, 11) is 0. The fourth-order valence-electron chi connectivity index (χ4n) is 1.59. The van der Waals surface area contributed by atoms with Gasteiger partial charge in [0.05, 0.1) is 4.83 Å². The molecule has 0 saturated heterocycles. The van der Waals surface area contributed by atoms with Crippen molar-refractivity contribution in [2.45, 2.75) is 11.8 Å². The molecule has 1 atom stereocenters. The highest BCUT2D eigenvalue weighted by molar-refractivity contribution is 9.11. The molecule has 0 aliphatic heterocycles. The second-order valence-corrected chi connectivity index (χ2v) is 6.61. The van der Waals surface area contributed by atoms with Crippen molar-refractivity contribution in [3.8, 4) is 0 Å². The fourth-order valence-corrected chi connectivity index (χ4v) is 2.84. The first kappa shape index (κ1) is 13.3. The Morgan fingerprint density at radius 2 is 1.47 bits per heavy atom. The predicted molar refractivity (Wildman–Crippen MR) is 83.8 cm³/mol. The molecule has 1 unspecified atom stereocenters. The number of benzene rings is 2. The second kappa shape index (κ2) is 5.68. The highest BCUT2D eigenvalue weighted by Crippen LogP contribution is 2.33. The topological polar surface area (TPSA) is 0 Å². The first-order valence-corrected chi connectivity index (χ1v) is 7.73. The summed E-state index contributed by atoms with van der Waals surface area (Å²) >= 11 is 10.8. The van der Waals surface area contributed by atoms with E-state index in [0.717, 1.165) is 8.95 Å². The van der Waals surface area contributed by atoms with E-state index in [1.807, 2.05) is 0 Å². The van der Waals surface area contributed by atoms with Gasteiger partial charge in [-0.05, 0) is 41.8 Å². The number of aryl methyl sites for hydroxylation is 1. The molecule has 0 radical (unpaired) electrons. The summed E-state index contributed by atoms with van der Waals surface area (Å²) in [5.41, 5.74) is 3.76. The summed E-state index contributed by atoms with van der Waals surface area (Å²) in [6.07, 6.45) is 0. The van der Waals surface area contributed by atoms with Gasteiger partial charge in [-0.2, -0.15) is 0 Å². The first-order valence-electron chi connectivity index (χ1n) is 5.23. The Balaban J connectivity index is 2.33. The first-order chi connectivity index (χ1) is 8.08. The summed E-state index contributed by atoms with van der Waals surface area (Å²) in [6.45, 7) is 2.09. The molecule has 0 N–H and O–H groups in total. The maximum Gasteiger partial charge on any atom is 0.0645 e. The van der Waals surface area contributed by atoms with Crippen molar-refractivity contribution in [1.29, 1.82) is 0 Å². The lowest BCUT2D eigenvalue weighted by Gasteiger charge is -2.12. The maximum absolute atomic E-state index is 3.74. The standard InChI is InChI=1S/C14H11Br3/c1-9-2-3-11(8-13(9)16)14(17)10-4-6-12(15)7-5-10/h2-8,14H,1H3. The Hall–Kier alpha value is -0.120. The van der Waals surface area contributed by atoms with Crippen LogP contribution in [0.2, 0.25) is 0 Å². The van der Waals surface area contributed by atoms with Gasteiger partial charge < -0.3 is 0 Å². The SMILES string of the molecule is Cc1ccc(C(Br)c2ccc(Br)cc2)cc1Br. The van der Waals surface area contributed by atoms with Crippen LogP contribution in [0.3, 0.4) is 0 Å². The summed E-state index contributed by atoms with van der Waals surface area (Å²) in [5.74, 6) is 0. The Labute approximate surface area is 127 Å². The summed E-state index contributed by atoms with van der Waals surface area (Å²) in [6, 6.07) is 14.8. The van der Waals surface area contributed by atoms with Gasteiger partial charge in [-0.3, -0.25) is 0 Å². The maximum atomic E-state index is 3.74. The van der Waals surface area contributed by atoms with Gasteiger partial charge in [0.1, 0.15) is 0 Å². The van der Waals surface area contributed by atoms with Gasteiger partial charge in [-0.1, -0.05) is 72.1 Å². The molecule has 0 aliphatic carbocycles. The third-order valence-corrected chi connectivity index (χ3v) is 5.09. The summed E-state index contributed by atoms with van der Waals surface area (Å²) < 4.78 is 2.25. The Bertz CT molecular complexity index is 517. The monoisotopic (exact) mass is 416 g/mol. The van der Waals surface area contributed by atoms with Gasteiger partial charge in [-0.15, -0.1) is 0 Å². The molecular weight excluding hydrogens is 408 g/mol. The minimum absolute atomic E-state index is 0.229. The molecule has 0 fully saturated rings. The molecule has 0 heterocycles. The lowest BCUT2D eigenvalue weighted by Crippen LogP contribution is -1.93. The molecule has 88 valence electrons. The quantitative estimate of drug-likeness (QED) is 0.524. The van der Waals surface area contributed by atoms with Crippen molar-refractivity contribution in [2.75, 3.05) is 0 Å². The van der Waals surface area contributed by atoms with Crippen LogP contribution in [-0.4, -0.2) is 0 Å². The Kier molecular flexibility index (Phi) is 4.45. The normalized spacial score (nSPS) is 12.5. The third kappa shape index (κ3) is 3.21. The Morgan fingerprint density at radius 3 is 2.06 bits per heavy atom. The molecular formula is C14H11Br3. The van der Waals surface area contributed by atoms with Crippen molar-refractivity contribution in [1.82, 2.24) is 0 Å². The van der Waals surface area contributed by atoms with Gasteiger partial charge in [0.15, 0.2) is 0 Å². The summed E-state index contributed by atoms with van der Waals surface area (Å²) in [4.78, 5) is 0.229. The highest BCUT2D eigenvalue weighted by Gasteiger charge is 2.10. The largest absolute Gasteiger partial charge is 0.0786 e. The molecule has 0 aliphatic rings. The van der Waals surface area contributed by atoms with Crippen LogP contribution in [0.1, 0.15) is 21.5 Å². The van der Waals surface area contributed by atoms with E-state index in [0.29, 0.717) is 0 Å². The average Bonchev–Trinajstić information content (AvgIpc) is 2.33. The third-order valence-electron chi connectivity index (χ3n) is 2.65.